The summed E-state index contributed by atoms with van der Waals surface area (Å²) in [5.74, 6) is -0.111. The van der Waals surface area contributed by atoms with Gasteiger partial charge in [-0.15, -0.1) is 0 Å². The van der Waals surface area contributed by atoms with Crippen molar-refractivity contribution < 1.29 is 14.3 Å². The van der Waals surface area contributed by atoms with E-state index in [1.54, 1.807) is 5.01 Å². The Bertz CT molecular complexity index is 635. The third-order valence-electron chi connectivity index (χ3n) is 3.21. The van der Waals surface area contributed by atoms with Gasteiger partial charge in [0.2, 0.25) is 0 Å². The predicted octanol–water partition coefficient (Wildman–Crippen LogP) is 3.24. The SMILES string of the molecule is CC(C)COC(=O)NCC(=O)NN(c1ccccc1)c1ccccc1. The average Bonchev–Trinajstić information content (AvgIpc) is 2.64. The summed E-state index contributed by atoms with van der Waals surface area (Å²) in [6, 6.07) is 18.9. The minimum Gasteiger partial charge on any atom is -0.449 e. The molecule has 0 saturated heterocycles. The Morgan fingerprint density at radius 1 is 0.960 bits per heavy atom. The molecular formula is C19H23N3O3. The number of anilines is 2. The van der Waals surface area contributed by atoms with Gasteiger partial charge >= 0.3 is 6.09 Å². The molecule has 0 heterocycles. The van der Waals surface area contributed by atoms with Crippen LogP contribution in [0.4, 0.5) is 16.2 Å². The summed E-state index contributed by atoms with van der Waals surface area (Å²) in [6.45, 7) is 4.02. The number of rotatable bonds is 7. The lowest BCUT2D eigenvalue weighted by Gasteiger charge is -2.25. The Morgan fingerprint density at radius 3 is 1.96 bits per heavy atom. The first-order valence-electron chi connectivity index (χ1n) is 8.16. The minimum absolute atomic E-state index is 0.174. The number of para-hydroxylation sites is 2. The number of amides is 2. The molecular weight excluding hydrogens is 318 g/mol. The summed E-state index contributed by atoms with van der Waals surface area (Å²) >= 11 is 0. The van der Waals surface area contributed by atoms with E-state index in [4.69, 9.17) is 4.74 Å². The Kier molecular flexibility index (Phi) is 6.83. The average molecular weight is 341 g/mol. The highest BCUT2D eigenvalue weighted by Gasteiger charge is 2.13. The van der Waals surface area contributed by atoms with E-state index in [-0.39, 0.29) is 18.4 Å². The fourth-order valence-corrected chi connectivity index (χ4v) is 2.04. The molecule has 0 unspecified atom stereocenters. The van der Waals surface area contributed by atoms with Crippen molar-refractivity contribution >= 4 is 23.4 Å². The largest absolute Gasteiger partial charge is 0.449 e. The van der Waals surface area contributed by atoms with Crippen LogP contribution in [0, 0.1) is 5.92 Å². The van der Waals surface area contributed by atoms with Crippen LogP contribution in [0.3, 0.4) is 0 Å². The van der Waals surface area contributed by atoms with Crippen LogP contribution < -0.4 is 15.8 Å². The zero-order chi connectivity index (χ0) is 18.1. The first-order valence-corrected chi connectivity index (χ1v) is 8.16. The highest BCUT2D eigenvalue weighted by Crippen LogP contribution is 2.22. The number of benzene rings is 2. The van der Waals surface area contributed by atoms with Crippen LogP contribution in [-0.4, -0.2) is 25.2 Å². The monoisotopic (exact) mass is 341 g/mol. The van der Waals surface area contributed by atoms with E-state index in [1.165, 1.54) is 0 Å². The quantitative estimate of drug-likeness (QED) is 0.759. The number of hydrogen-bond donors (Lipinski definition) is 2. The third-order valence-corrected chi connectivity index (χ3v) is 3.21. The lowest BCUT2D eigenvalue weighted by atomic mass is 10.2. The van der Waals surface area contributed by atoms with Gasteiger partial charge in [-0.05, 0) is 30.2 Å². The molecule has 0 aliphatic heterocycles. The molecule has 6 nitrogen and oxygen atoms in total. The van der Waals surface area contributed by atoms with Crippen LogP contribution in [0.25, 0.3) is 0 Å². The molecule has 0 saturated carbocycles. The maximum atomic E-state index is 12.2. The van der Waals surface area contributed by atoms with Gasteiger partial charge in [0.05, 0.1) is 18.0 Å². The third kappa shape index (κ3) is 6.18. The highest BCUT2D eigenvalue weighted by atomic mass is 16.5. The number of hydrazine groups is 1. The van der Waals surface area contributed by atoms with E-state index in [1.807, 2.05) is 74.5 Å². The molecule has 0 spiro atoms. The molecule has 132 valence electrons. The Morgan fingerprint density at radius 2 is 1.48 bits per heavy atom. The van der Waals surface area contributed by atoms with E-state index in [2.05, 4.69) is 10.7 Å². The minimum atomic E-state index is -0.602. The summed E-state index contributed by atoms with van der Waals surface area (Å²) in [5, 5.41) is 4.12. The first kappa shape index (κ1) is 18.3. The lowest BCUT2D eigenvalue weighted by Crippen LogP contribution is -2.44. The van der Waals surface area contributed by atoms with Crippen LogP contribution in [-0.2, 0) is 9.53 Å². The second-order valence-corrected chi connectivity index (χ2v) is 5.89. The maximum Gasteiger partial charge on any atom is 0.407 e. The normalized spacial score (nSPS) is 10.2. The van der Waals surface area contributed by atoms with E-state index in [0.29, 0.717) is 6.61 Å². The van der Waals surface area contributed by atoms with Crippen molar-refractivity contribution in [2.75, 3.05) is 18.2 Å². The van der Waals surface area contributed by atoms with Crippen molar-refractivity contribution in [1.82, 2.24) is 10.7 Å². The zero-order valence-corrected chi connectivity index (χ0v) is 14.4. The summed E-state index contributed by atoms with van der Waals surface area (Å²) < 4.78 is 4.98. The topological polar surface area (TPSA) is 70.7 Å². The Balaban J connectivity index is 1.98. The predicted molar refractivity (Wildman–Crippen MR) is 97.4 cm³/mol. The molecule has 0 aliphatic carbocycles. The van der Waals surface area contributed by atoms with Crippen molar-refractivity contribution in [2.24, 2.45) is 5.92 Å². The van der Waals surface area contributed by atoms with Crippen molar-refractivity contribution in [3.8, 4) is 0 Å². The van der Waals surface area contributed by atoms with Crippen molar-refractivity contribution in [3.05, 3.63) is 60.7 Å². The van der Waals surface area contributed by atoms with Gasteiger partial charge in [0, 0.05) is 0 Å². The second kappa shape index (κ2) is 9.32. The van der Waals surface area contributed by atoms with Gasteiger partial charge in [-0.1, -0.05) is 50.2 Å². The zero-order valence-electron chi connectivity index (χ0n) is 14.4. The molecule has 0 atom stereocenters. The number of alkyl carbamates (subject to hydrolysis) is 1. The number of carbonyl (C=O) groups excluding carboxylic acids is 2. The molecule has 6 heteroatoms. The van der Waals surface area contributed by atoms with Gasteiger partial charge in [0.1, 0.15) is 6.54 Å². The van der Waals surface area contributed by atoms with Crippen LogP contribution in [0.1, 0.15) is 13.8 Å². The van der Waals surface area contributed by atoms with Gasteiger partial charge in [-0.25, -0.2) is 4.79 Å². The summed E-state index contributed by atoms with van der Waals surface area (Å²) in [5.41, 5.74) is 4.41. The second-order valence-electron chi connectivity index (χ2n) is 5.89. The summed E-state index contributed by atoms with van der Waals surface area (Å²) in [7, 11) is 0. The molecule has 25 heavy (non-hydrogen) atoms. The molecule has 0 bridgehead atoms. The van der Waals surface area contributed by atoms with E-state index >= 15 is 0 Å². The molecule has 0 aliphatic rings. The van der Waals surface area contributed by atoms with E-state index in [9.17, 15) is 9.59 Å². The fraction of sp³-hybridized carbons (Fsp3) is 0.263. The standard InChI is InChI=1S/C19H23N3O3/c1-15(2)14-25-19(24)20-13-18(23)21-22(16-9-5-3-6-10-16)17-11-7-4-8-12-17/h3-12,15H,13-14H2,1-2H3,(H,20,24)(H,21,23). The van der Waals surface area contributed by atoms with Crippen LogP contribution in [0.2, 0.25) is 0 Å². The molecule has 2 N–H and O–H groups in total. The smallest absolute Gasteiger partial charge is 0.407 e. The maximum absolute atomic E-state index is 12.2. The van der Waals surface area contributed by atoms with Gasteiger partial charge in [0.25, 0.3) is 5.91 Å². The molecule has 0 radical (unpaired) electrons. The van der Waals surface area contributed by atoms with Gasteiger partial charge < -0.3 is 10.1 Å². The van der Waals surface area contributed by atoms with E-state index < -0.39 is 6.09 Å². The van der Waals surface area contributed by atoms with Crippen molar-refractivity contribution in [1.29, 1.82) is 0 Å². The highest BCUT2D eigenvalue weighted by molar-refractivity contribution is 5.85. The van der Waals surface area contributed by atoms with Crippen molar-refractivity contribution in [2.45, 2.75) is 13.8 Å². The van der Waals surface area contributed by atoms with E-state index in [0.717, 1.165) is 11.4 Å². The fourth-order valence-electron chi connectivity index (χ4n) is 2.04. The molecule has 2 amide bonds. The molecule has 2 aromatic carbocycles. The van der Waals surface area contributed by atoms with Crippen LogP contribution in [0.15, 0.2) is 60.7 Å². The Hall–Kier alpha value is -3.02. The lowest BCUT2D eigenvalue weighted by molar-refractivity contribution is -0.120. The van der Waals surface area contributed by atoms with Crippen molar-refractivity contribution in [3.63, 3.8) is 0 Å². The number of nitrogens with zero attached hydrogens (tertiary/aromatic N) is 1. The summed E-state index contributed by atoms with van der Waals surface area (Å²) in [6.07, 6.45) is -0.602. The van der Waals surface area contributed by atoms with Gasteiger partial charge in [-0.3, -0.25) is 15.2 Å². The first-order chi connectivity index (χ1) is 12.1. The van der Waals surface area contributed by atoms with Crippen LogP contribution in [0.5, 0.6) is 0 Å². The molecule has 2 aromatic rings. The molecule has 0 aromatic heterocycles. The van der Waals surface area contributed by atoms with Gasteiger partial charge in [-0.2, -0.15) is 0 Å². The number of nitrogens with one attached hydrogen (secondary N) is 2. The summed E-state index contributed by atoms with van der Waals surface area (Å²) in [4.78, 5) is 23.8. The number of hydrogen-bond acceptors (Lipinski definition) is 4. The number of ether oxygens (including phenoxy) is 1. The number of carbonyl (C=O) groups is 2. The van der Waals surface area contributed by atoms with Crippen LogP contribution >= 0.6 is 0 Å². The molecule has 0 fully saturated rings. The van der Waals surface area contributed by atoms with Gasteiger partial charge in [0.15, 0.2) is 0 Å². The molecule has 2 rings (SSSR count). The Labute approximate surface area is 147 Å².